The molecule has 1 N–H and O–H groups in total. The lowest BCUT2D eigenvalue weighted by Crippen LogP contribution is -2.20. The van der Waals surface area contributed by atoms with E-state index in [0.717, 1.165) is 10.9 Å². The molecule has 1 fully saturated rings. The van der Waals surface area contributed by atoms with Crippen LogP contribution < -0.4 is 0 Å². The van der Waals surface area contributed by atoms with Crippen molar-refractivity contribution in [2.45, 2.75) is 38.2 Å². The van der Waals surface area contributed by atoms with Crippen molar-refractivity contribution < 1.29 is 5.11 Å². The van der Waals surface area contributed by atoms with Crippen LogP contribution in [0.2, 0.25) is 0 Å². The third-order valence-corrected chi connectivity index (χ3v) is 4.10. The maximum absolute atomic E-state index is 10.1. The molecule has 0 aliphatic heterocycles. The van der Waals surface area contributed by atoms with Crippen molar-refractivity contribution in [1.29, 1.82) is 0 Å². The highest BCUT2D eigenvalue weighted by molar-refractivity contribution is 9.10. The molecule has 0 spiro atoms. The summed E-state index contributed by atoms with van der Waals surface area (Å²) in [6.07, 6.45) is 5.60. The number of halogens is 1. The minimum absolute atomic E-state index is 0.161. The summed E-state index contributed by atoms with van der Waals surface area (Å²) in [4.78, 5) is 0. The average Bonchev–Trinajstić information content (AvgIpc) is 2.74. The number of aliphatic hydroxyl groups is 1. The zero-order valence-corrected chi connectivity index (χ0v) is 10.4. The van der Waals surface area contributed by atoms with Crippen LogP contribution in [-0.2, 0) is 6.42 Å². The third kappa shape index (κ3) is 2.82. The monoisotopic (exact) mass is 268 g/mol. The van der Waals surface area contributed by atoms with Gasteiger partial charge in [-0.3, -0.25) is 0 Å². The highest BCUT2D eigenvalue weighted by Crippen LogP contribution is 2.30. The predicted octanol–water partition coefficient (Wildman–Crippen LogP) is 3.54. The van der Waals surface area contributed by atoms with Crippen molar-refractivity contribution in [1.82, 2.24) is 0 Å². The van der Waals surface area contributed by atoms with Gasteiger partial charge in [-0.25, -0.2) is 0 Å². The normalized spacial score (nSPS) is 19.3. The molecule has 82 valence electrons. The first-order valence-corrected chi connectivity index (χ1v) is 6.48. The molecular weight excluding hydrogens is 252 g/mol. The summed E-state index contributed by atoms with van der Waals surface area (Å²) in [6.45, 7) is 0. The van der Waals surface area contributed by atoms with Crippen LogP contribution in [0.4, 0.5) is 0 Å². The van der Waals surface area contributed by atoms with Crippen molar-refractivity contribution in [3.05, 3.63) is 34.3 Å². The molecule has 1 aliphatic rings. The molecule has 1 unspecified atom stereocenters. The van der Waals surface area contributed by atoms with Crippen molar-refractivity contribution >= 4 is 15.9 Å². The van der Waals surface area contributed by atoms with Gasteiger partial charge in [0.2, 0.25) is 0 Å². The predicted molar refractivity (Wildman–Crippen MR) is 65.8 cm³/mol. The van der Waals surface area contributed by atoms with Crippen molar-refractivity contribution in [2.75, 3.05) is 0 Å². The molecule has 1 saturated carbocycles. The van der Waals surface area contributed by atoms with E-state index < -0.39 is 0 Å². The van der Waals surface area contributed by atoms with Crippen LogP contribution in [0.15, 0.2) is 28.7 Å². The Morgan fingerprint density at radius 2 is 1.93 bits per heavy atom. The molecule has 0 radical (unpaired) electrons. The minimum Gasteiger partial charge on any atom is -0.392 e. The van der Waals surface area contributed by atoms with Gasteiger partial charge in [0.05, 0.1) is 6.10 Å². The van der Waals surface area contributed by atoms with Gasteiger partial charge in [-0.1, -0.05) is 47.0 Å². The van der Waals surface area contributed by atoms with E-state index in [0.29, 0.717) is 5.92 Å². The summed E-state index contributed by atoms with van der Waals surface area (Å²) < 4.78 is 1.11. The molecule has 1 aromatic rings. The SMILES string of the molecule is OC(Cc1ccccc1Br)C1CCCC1. The Kier molecular flexibility index (Phi) is 3.81. The van der Waals surface area contributed by atoms with Crippen LogP contribution in [0.25, 0.3) is 0 Å². The third-order valence-electron chi connectivity index (χ3n) is 3.33. The van der Waals surface area contributed by atoms with Gasteiger partial charge >= 0.3 is 0 Å². The van der Waals surface area contributed by atoms with E-state index >= 15 is 0 Å². The molecule has 15 heavy (non-hydrogen) atoms. The zero-order valence-electron chi connectivity index (χ0n) is 8.82. The Hall–Kier alpha value is -0.340. The van der Waals surface area contributed by atoms with Gasteiger partial charge in [0, 0.05) is 4.47 Å². The molecule has 1 aromatic carbocycles. The van der Waals surface area contributed by atoms with E-state index in [1.54, 1.807) is 0 Å². The fourth-order valence-electron chi connectivity index (χ4n) is 2.40. The van der Waals surface area contributed by atoms with E-state index in [2.05, 4.69) is 22.0 Å². The van der Waals surface area contributed by atoms with Gasteiger partial charge < -0.3 is 5.11 Å². The first-order valence-electron chi connectivity index (χ1n) is 5.69. The van der Waals surface area contributed by atoms with E-state index in [9.17, 15) is 5.11 Å². The number of aliphatic hydroxyl groups excluding tert-OH is 1. The second-order valence-electron chi connectivity index (χ2n) is 4.41. The first kappa shape index (κ1) is 11.2. The molecular formula is C13H17BrO. The van der Waals surface area contributed by atoms with Crippen LogP contribution in [0, 0.1) is 5.92 Å². The highest BCUT2D eigenvalue weighted by atomic mass is 79.9. The van der Waals surface area contributed by atoms with Gasteiger partial charge in [-0.2, -0.15) is 0 Å². The Morgan fingerprint density at radius 1 is 1.27 bits per heavy atom. The molecule has 0 bridgehead atoms. The molecule has 0 saturated heterocycles. The van der Waals surface area contributed by atoms with E-state index in [1.165, 1.54) is 31.2 Å². The van der Waals surface area contributed by atoms with Crippen LogP contribution in [0.5, 0.6) is 0 Å². The largest absolute Gasteiger partial charge is 0.392 e. The Bertz CT molecular complexity index is 318. The lowest BCUT2D eigenvalue weighted by Gasteiger charge is -2.18. The van der Waals surface area contributed by atoms with Crippen LogP contribution in [0.1, 0.15) is 31.2 Å². The quantitative estimate of drug-likeness (QED) is 0.889. The molecule has 0 aromatic heterocycles. The summed E-state index contributed by atoms with van der Waals surface area (Å²) in [5.74, 6) is 0.525. The Balaban J connectivity index is 1.99. The average molecular weight is 269 g/mol. The van der Waals surface area contributed by atoms with E-state index in [-0.39, 0.29) is 6.10 Å². The fourth-order valence-corrected chi connectivity index (χ4v) is 2.84. The maximum atomic E-state index is 10.1. The number of benzene rings is 1. The summed E-state index contributed by atoms with van der Waals surface area (Å²) in [5, 5.41) is 10.1. The maximum Gasteiger partial charge on any atom is 0.0609 e. The molecule has 1 aliphatic carbocycles. The van der Waals surface area contributed by atoms with Crippen LogP contribution >= 0.6 is 15.9 Å². The van der Waals surface area contributed by atoms with Crippen molar-refractivity contribution in [2.24, 2.45) is 5.92 Å². The van der Waals surface area contributed by atoms with Crippen molar-refractivity contribution in [3.63, 3.8) is 0 Å². The standard InChI is InChI=1S/C13H17BrO/c14-12-8-4-3-7-11(12)9-13(15)10-5-1-2-6-10/h3-4,7-8,10,13,15H,1-2,5-6,9H2. The first-order chi connectivity index (χ1) is 7.27. The van der Waals surface area contributed by atoms with Gasteiger partial charge in [0.1, 0.15) is 0 Å². The second-order valence-corrected chi connectivity index (χ2v) is 5.26. The molecule has 0 heterocycles. The number of hydrogen-bond donors (Lipinski definition) is 1. The summed E-state index contributed by atoms with van der Waals surface area (Å²) in [6, 6.07) is 8.16. The lowest BCUT2D eigenvalue weighted by atomic mass is 9.95. The van der Waals surface area contributed by atoms with E-state index in [4.69, 9.17) is 0 Å². The van der Waals surface area contributed by atoms with Gasteiger partial charge in [-0.05, 0) is 36.8 Å². The van der Waals surface area contributed by atoms with Gasteiger partial charge in [-0.15, -0.1) is 0 Å². The highest BCUT2D eigenvalue weighted by Gasteiger charge is 2.23. The lowest BCUT2D eigenvalue weighted by molar-refractivity contribution is 0.111. The number of hydrogen-bond acceptors (Lipinski definition) is 1. The van der Waals surface area contributed by atoms with E-state index in [1.807, 2.05) is 18.2 Å². The molecule has 2 rings (SSSR count). The molecule has 1 atom stereocenters. The summed E-state index contributed by atoms with van der Waals surface area (Å²) >= 11 is 3.52. The Labute approximate surface area is 99.6 Å². The van der Waals surface area contributed by atoms with Gasteiger partial charge in [0.15, 0.2) is 0 Å². The Morgan fingerprint density at radius 3 is 2.60 bits per heavy atom. The summed E-state index contributed by atoms with van der Waals surface area (Å²) in [7, 11) is 0. The summed E-state index contributed by atoms with van der Waals surface area (Å²) in [5.41, 5.74) is 1.22. The molecule has 0 amide bonds. The molecule has 1 nitrogen and oxygen atoms in total. The van der Waals surface area contributed by atoms with Gasteiger partial charge in [0.25, 0.3) is 0 Å². The smallest absolute Gasteiger partial charge is 0.0609 e. The molecule has 2 heteroatoms. The minimum atomic E-state index is -0.161. The fraction of sp³-hybridized carbons (Fsp3) is 0.538. The zero-order chi connectivity index (χ0) is 10.7. The van der Waals surface area contributed by atoms with Crippen LogP contribution in [-0.4, -0.2) is 11.2 Å². The second kappa shape index (κ2) is 5.13. The number of rotatable bonds is 3. The van der Waals surface area contributed by atoms with Crippen LogP contribution in [0.3, 0.4) is 0 Å². The topological polar surface area (TPSA) is 20.2 Å². The van der Waals surface area contributed by atoms with Crippen molar-refractivity contribution in [3.8, 4) is 0 Å².